The Labute approximate surface area is 134 Å². The van der Waals surface area contributed by atoms with Crippen LogP contribution in [0, 0.1) is 0 Å². The molecule has 120 valence electrons. The van der Waals surface area contributed by atoms with E-state index in [2.05, 4.69) is 20.3 Å². The Kier molecular flexibility index (Phi) is 5.10. The molecule has 0 saturated carbocycles. The van der Waals surface area contributed by atoms with E-state index in [0.29, 0.717) is 31.2 Å². The molecule has 3 rings (SSSR count). The van der Waals surface area contributed by atoms with Crippen molar-refractivity contribution in [2.45, 2.75) is 25.0 Å². The van der Waals surface area contributed by atoms with E-state index in [9.17, 15) is 4.79 Å². The predicted molar refractivity (Wildman–Crippen MR) is 81.8 cm³/mol. The monoisotopic (exact) mass is 314 g/mol. The predicted octanol–water partition coefficient (Wildman–Crippen LogP) is 0.767. The fraction of sp³-hybridized carbons (Fsp3) is 0.375. The molecular weight excluding hydrogens is 296 g/mol. The summed E-state index contributed by atoms with van der Waals surface area (Å²) in [5.41, 5.74) is 0.629. The standard InChI is InChI=1S/C16H18N4O3/c21-15(9-12-10-17-6-7-18-12)20-13-11-22-8-4-14(13)23-16-3-1-2-5-19-16/h1-3,5-7,10,13-14H,4,8-9,11H2,(H,20,21)/t13-,14-/m1/s1. The second-order valence-electron chi connectivity index (χ2n) is 5.24. The minimum Gasteiger partial charge on any atom is -0.472 e. The Morgan fingerprint density at radius 1 is 1.30 bits per heavy atom. The van der Waals surface area contributed by atoms with Gasteiger partial charge in [0.1, 0.15) is 6.10 Å². The van der Waals surface area contributed by atoms with Crippen LogP contribution in [0.5, 0.6) is 5.88 Å². The van der Waals surface area contributed by atoms with Gasteiger partial charge in [0.15, 0.2) is 0 Å². The summed E-state index contributed by atoms with van der Waals surface area (Å²) in [4.78, 5) is 24.4. The van der Waals surface area contributed by atoms with Crippen LogP contribution in [0.15, 0.2) is 43.0 Å². The summed E-state index contributed by atoms with van der Waals surface area (Å²) in [6.07, 6.45) is 7.12. The highest BCUT2D eigenvalue weighted by atomic mass is 16.5. The van der Waals surface area contributed by atoms with Crippen molar-refractivity contribution in [1.29, 1.82) is 0 Å². The Balaban J connectivity index is 1.59. The maximum Gasteiger partial charge on any atom is 0.226 e. The molecule has 0 aliphatic carbocycles. The van der Waals surface area contributed by atoms with E-state index in [0.717, 1.165) is 0 Å². The molecule has 2 atom stereocenters. The van der Waals surface area contributed by atoms with Gasteiger partial charge in [-0.3, -0.25) is 14.8 Å². The fourth-order valence-corrected chi connectivity index (χ4v) is 2.41. The molecule has 1 aliphatic rings. The Morgan fingerprint density at radius 2 is 2.26 bits per heavy atom. The van der Waals surface area contributed by atoms with Crippen molar-refractivity contribution in [3.8, 4) is 5.88 Å². The maximum absolute atomic E-state index is 12.2. The summed E-state index contributed by atoms with van der Waals surface area (Å²) >= 11 is 0. The highest BCUT2D eigenvalue weighted by molar-refractivity contribution is 5.78. The summed E-state index contributed by atoms with van der Waals surface area (Å²) in [6, 6.07) is 5.28. The van der Waals surface area contributed by atoms with Crippen molar-refractivity contribution >= 4 is 5.91 Å². The van der Waals surface area contributed by atoms with Gasteiger partial charge in [-0.2, -0.15) is 0 Å². The van der Waals surface area contributed by atoms with Crippen LogP contribution in [0.3, 0.4) is 0 Å². The molecule has 0 radical (unpaired) electrons. The summed E-state index contributed by atoms with van der Waals surface area (Å²) in [6.45, 7) is 1.03. The number of nitrogens with one attached hydrogen (secondary N) is 1. The number of aromatic nitrogens is 3. The van der Waals surface area contributed by atoms with E-state index in [4.69, 9.17) is 9.47 Å². The van der Waals surface area contributed by atoms with E-state index in [1.54, 1.807) is 30.9 Å². The summed E-state index contributed by atoms with van der Waals surface area (Å²) in [5.74, 6) is 0.420. The second-order valence-corrected chi connectivity index (χ2v) is 5.24. The van der Waals surface area contributed by atoms with Crippen LogP contribution in [0.2, 0.25) is 0 Å². The lowest BCUT2D eigenvalue weighted by atomic mass is 10.1. The molecule has 1 aliphatic heterocycles. The van der Waals surface area contributed by atoms with Crippen LogP contribution in [0.25, 0.3) is 0 Å². The van der Waals surface area contributed by atoms with E-state index < -0.39 is 0 Å². The number of rotatable bonds is 5. The van der Waals surface area contributed by atoms with Crippen LogP contribution in [-0.4, -0.2) is 46.2 Å². The minimum absolute atomic E-state index is 0.129. The zero-order valence-corrected chi connectivity index (χ0v) is 12.6. The first-order valence-corrected chi connectivity index (χ1v) is 7.51. The highest BCUT2D eigenvalue weighted by Crippen LogP contribution is 2.16. The van der Waals surface area contributed by atoms with Crippen LogP contribution >= 0.6 is 0 Å². The molecule has 23 heavy (non-hydrogen) atoms. The molecule has 1 N–H and O–H groups in total. The van der Waals surface area contributed by atoms with Gasteiger partial charge in [-0.1, -0.05) is 6.07 Å². The van der Waals surface area contributed by atoms with Crippen molar-refractivity contribution < 1.29 is 14.3 Å². The Bertz CT molecular complexity index is 624. The van der Waals surface area contributed by atoms with Crippen LogP contribution < -0.4 is 10.1 Å². The number of carbonyl (C=O) groups is 1. The molecule has 1 amide bonds. The molecule has 1 fully saturated rings. The quantitative estimate of drug-likeness (QED) is 0.877. The van der Waals surface area contributed by atoms with E-state index in [1.807, 2.05) is 12.1 Å². The second kappa shape index (κ2) is 7.64. The molecule has 0 bridgehead atoms. The summed E-state index contributed by atoms with van der Waals surface area (Å²) in [5, 5.41) is 2.95. The van der Waals surface area contributed by atoms with Crippen molar-refractivity contribution in [1.82, 2.24) is 20.3 Å². The third-order valence-corrected chi connectivity index (χ3v) is 3.51. The van der Waals surface area contributed by atoms with Gasteiger partial charge < -0.3 is 14.8 Å². The molecular formula is C16H18N4O3. The smallest absolute Gasteiger partial charge is 0.226 e. The average Bonchev–Trinajstić information content (AvgIpc) is 2.58. The van der Waals surface area contributed by atoms with Gasteiger partial charge in [-0.25, -0.2) is 4.98 Å². The first kappa shape index (κ1) is 15.4. The fourth-order valence-electron chi connectivity index (χ4n) is 2.41. The van der Waals surface area contributed by atoms with Crippen LogP contribution in [0.4, 0.5) is 0 Å². The third kappa shape index (κ3) is 4.46. The molecule has 7 nitrogen and oxygen atoms in total. The third-order valence-electron chi connectivity index (χ3n) is 3.51. The number of pyridine rings is 1. The summed E-state index contributed by atoms with van der Waals surface area (Å²) < 4.78 is 11.3. The van der Waals surface area contributed by atoms with Gasteiger partial charge in [0.2, 0.25) is 11.8 Å². The van der Waals surface area contributed by atoms with Gasteiger partial charge in [0.25, 0.3) is 0 Å². The number of ether oxygens (including phenoxy) is 2. The molecule has 2 aromatic heterocycles. The van der Waals surface area contributed by atoms with Crippen molar-refractivity contribution in [3.63, 3.8) is 0 Å². The Hall–Kier alpha value is -2.54. The Morgan fingerprint density at radius 3 is 3.04 bits per heavy atom. The summed E-state index contributed by atoms with van der Waals surface area (Å²) in [7, 11) is 0. The number of carbonyl (C=O) groups excluding carboxylic acids is 1. The first-order valence-electron chi connectivity index (χ1n) is 7.51. The van der Waals surface area contributed by atoms with Gasteiger partial charge in [0, 0.05) is 37.3 Å². The zero-order chi connectivity index (χ0) is 15.9. The van der Waals surface area contributed by atoms with Gasteiger partial charge in [0.05, 0.1) is 31.4 Å². The number of nitrogens with zero attached hydrogens (tertiary/aromatic N) is 3. The van der Waals surface area contributed by atoms with Gasteiger partial charge in [-0.05, 0) is 6.07 Å². The van der Waals surface area contributed by atoms with Crippen molar-refractivity contribution in [3.05, 3.63) is 48.7 Å². The lowest BCUT2D eigenvalue weighted by Crippen LogP contribution is -2.52. The molecule has 0 unspecified atom stereocenters. The number of hydrogen-bond donors (Lipinski definition) is 1. The maximum atomic E-state index is 12.2. The van der Waals surface area contributed by atoms with E-state index in [-0.39, 0.29) is 24.5 Å². The van der Waals surface area contributed by atoms with Crippen LogP contribution in [0.1, 0.15) is 12.1 Å². The van der Waals surface area contributed by atoms with Crippen molar-refractivity contribution in [2.24, 2.45) is 0 Å². The average molecular weight is 314 g/mol. The number of amides is 1. The molecule has 3 heterocycles. The van der Waals surface area contributed by atoms with Gasteiger partial charge >= 0.3 is 0 Å². The normalized spacial score (nSPS) is 20.7. The highest BCUT2D eigenvalue weighted by Gasteiger charge is 2.29. The molecule has 7 heteroatoms. The molecule has 1 saturated heterocycles. The molecule has 2 aromatic rings. The lowest BCUT2D eigenvalue weighted by molar-refractivity contribution is -0.123. The lowest BCUT2D eigenvalue weighted by Gasteiger charge is -2.32. The first-order chi connectivity index (χ1) is 11.3. The zero-order valence-electron chi connectivity index (χ0n) is 12.6. The molecule has 0 spiro atoms. The van der Waals surface area contributed by atoms with Crippen LogP contribution in [-0.2, 0) is 16.0 Å². The topological polar surface area (TPSA) is 86.2 Å². The van der Waals surface area contributed by atoms with Gasteiger partial charge in [-0.15, -0.1) is 0 Å². The molecule has 0 aromatic carbocycles. The SMILES string of the molecule is O=C(Cc1cnccn1)N[C@@H]1COCC[C@H]1Oc1ccccn1. The van der Waals surface area contributed by atoms with E-state index >= 15 is 0 Å². The van der Waals surface area contributed by atoms with Crippen molar-refractivity contribution in [2.75, 3.05) is 13.2 Å². The minimum atomic E-state index is -0.213. The largest absolute Gasteiger partial charge is 0.472 e. The van der Waals surface area contributed by atoms with E-state index in [1.165, 1.54) is 0 Å². The number of hydrogen-bond acceptors (Lipinski definition) is 6.